The van der Waals surface area contributed by atoms with Gasteiger partial charge in [0, 0.05) is 23.4 Å². The Kier molecular flexibility index (Phi) is 3.68. The molecule has 0 spiro atoms. The molecule has 1 aliphatic rings. The van der Waals surface area contributed by atoms with E-state index in [-0.39, 0.29) is 15.8 Å². The van der Waals surface area contributed by atoms with Gasteiger partial charge in [0.1, 0.15) is 10.7 Å². The summed E-state index contributed by atoms with van der Waals surface area (Å²) in [6, 6.07) is 11.5. The number of rotatable bonds is 3. The van der Waals surface area contributed by atoms with Gasteiger partial charge in [-0.2, -0.15) is 0 Å². The molecule has 0 fully saturated rings. The number of carbonyl (C=O) groups is 1. The molecular formula is C18H12ClFN2O3S. The van der Waals surface area contributed by atoms with Crippen molar-refractivity contribution in [1.29, 1.82) is 0 Å². The van der Waals surface area contributed by atoms with Crippen LogP contribution in [0.25, 0.3) is 10.8 Å². The van der Waals surface area contributed by atoms with Gasteiger partial charge in [-0.1, -0.05) is 23.7 Å². The van der Waals surface area contributed by atoms with E-state index in [1.165, 1.54) is 4.90 Å². The summed E-state index contributed by atoms with van der Waals surface area (Å²) in [5.41, 5.74) is 1.54. The van der Waals surface area contributed by atoms with Crippen LogP contribution < -0.4 is 9.62 Å². The minimum absolute atomic E-state index is 0.146. The van der Waals surface area contributed by atoms with Crippen molar-refractivity contribution in [3.05, 3.63) is 64.9 Å². The zero-order valence-corrected chi connectivity index (χ0v) is 15.0. The lowest BCUT2D eigenvalue weighted by atomic mass is 10.0. The molecule has 1 heterocycles. The molecule has 26 heavy (non-hydrogen) atoms. The first-order valence-corrected chi connectivity index (χ1v) is 9.47. The standard InChI is InChI=1S/C18H12ClFN2O3S/c1-22-15-7-6-14(11-3-2-4-12(17(11)15)18(22)23)21-26(24,25)16-8-5-10(20)9-13(16)19/h2-9,21H,1H3. The molecule has 132 valence electrons. The maximum Gasteiger partial charge on any atom is 0.263 e. The molecule has 0 radical (unpaired) electrons. The molecule has 0 saturated heterocycles. The molecule has 0 saturated carbocycles. The number of halogens is 2. The second-order valence-electron chi connectivity index (χ2n) is 5.90. The Morgan fingerprint density at radius 3 is 2.62 bits per heavy atom. The molecule has 4 rings (SSSR count). The molecule has 8 heteroatoms. The van der Waals surface area contributed by atoms with Crippen molar-refractivity contribution in [1.82, 2.24) is 0 Å². The van der Waals surface area contributed by atoms with E-state index in [1.54, 1.807) is 37.4 Å². The van der Waals surface area contributed by atoms with Crippen LogP contribution >= 0.6 is 11.6 Å². The maximum absolute atomic E-state index is 13.2. The van der Waals surface area contributed by atoms with Crippen LogP contribution in [-0.4, -0.2) is 21.4 Å². The SMILES string of the molecule is CN1C(=O)c2cccc3c(NS(=O)(=O)c4ccc(F)cc4Cl)ccc1c23. The number of anilines is 2. The van der Waals surface area contributed by atoms with E-state index >= 15 is 0 Å². The van der Waals surface area contributed by atoms with E-state index in [4.69, 9.17) is 11.6 Å². The smallest absolute Gasteiger partial charge is 0.263 e. The van der Waals surface area contributed by atoms with E-state index in [9.17, 15) is 17.6 Å². The summed E-state index contributed by atoms with van der Waals surface area (Å²) in [6.45, 7) is 0. The predicted octanol–water partition coefficient (Wildman–Crippen LogP) is 4.02. The van der Waals surface area contributed by atoms with Gasteiger partial charge < -0.3 is 4.90 Å². The number of nitrogens with one attached hydrogen (secondary N) is 1. The van der Waals surface area contributed by atoms with Crippen molar-refractivity contribution >= 4 is 49.7 Å². The van der Waals surface area contributed by atoms with Crippen molar-refractivity contribution in [2.24, 2.45) is 0 Å². The minimum Gasteiger partial charge on any atom is -0.311 e. The highest BCUT2D eigenvalue weighted by atomic mass is 35.5. The summed E-state index contributed by atoms with van der Waals surface area (Å²) >= 11 is 5.89. The fourth-order valence-corrected chi connectivity index (χ4v) is 4.73. The highest BCUT2D eigenvalue weighted by Crippen LogP contribution is 2.40. The first-order chi connectivity index (χ1) is 12.3. The zero-order chi connectivity index (χ0) is 18.6. The Morgan fingerprint density at radius 1 is 1.12 bits per heavy atom. The van der Waals surface area contributed by atoms with Gasteiger partial charge in [0.15, 0.2) is 0 Å². The molecule has 0 bridgehead atoms. The van der Waals surface area contributed by atoms with Crippen LogP contribution in [0, 0.1) is 5.82 Å². The number of hydrogen-bond acceptors (Lipinski definition) is 3. The van der Waals surface area contributed by atoms with Crippen LogP contribution in [0.4, 0.5) is 15.8 Å². The molecule has 0 aliphatic carbocycles. The summed E-state index contributed by atoms with van der Waals surface area (Å²) in [5, 5.41) is 1.07. The van der Waals surface area contributed by atoms with E-state index in [1.807, 2.05) is 0 Å². The summed E-state index contributed by atoms with van der Waals surface area (Å²) in [4.78, 5) is 13.6. The zero-order valence-electron chi connectivity index (χ0n) is 13.5. The van der Waals surface area contributed by atoms with Gasteiger partial charge in [0.25, 0.3) is 15.9 Å². The molecule has 1 aliphatic heterocycles. The number of hydrogen-bond donors (Lipinski definition) is 1. The Morgan fingerprint density at radius 2 is 1.88 bits per heavy atom. The molecule has 0 aromatic heterocycles. The first-order valence-electron chi connectivity index (χ1n) is 7.61. The lowest BCUT2D eigenvalue weighted by molar-refractivity contribution is 0.0999. The Bertz CT molecular complexity index is 1190. The number of carbonyl (C=O) groups excluding carboxylic acids is 1. The topological polar surface area (TPSA) is 66.5 Å². The third kappa shape index (κ3) is 2.43. The summed E-state index contributed by atoms with van der Waals surface area (Å²) in [5.74, 6) is -0.770. The molecular weight excluding hydrogens is 379 g/mol. The number of nitrogens with zero attached hydrogens (tertiary/aromatic N) is 1. The van der Waals surface area contributed by atoms with Gasteiger partial charge in [-0.25, -0.2) is 12.8 Å². The molecule has 3 aromatic rings. The van der Waals surface area contributed by atoms with Gasteiger partial charge in [0.05, 0.1) is 16.4 Å². The molecule has 0 unspecified atom stereocenters. The van der Waals surface area contributed by atoms with E-state index < -0.39 is 15.8 Å². The van der Waals surface area contributed by atoms with Crippen molar-refractivity contribution in [2.75, 3.05) is 16.7 Å². The van der Waals surface area contributed by atoms with Crippen LogP contribution in [0.3, 0.4) is 0 Å². The van der Waals surface area contributed by atoms with Crippen LogP contribution in [-0.2, 0) is 10.0 Å². The van der Waals surface area contributed by atoms with Crippen LogP contribution in [0.2, 0.25) is 5.02 Å². The predicted molar refractivity (Wildman–Crippen MR) is 98.9 cm³/mol. The maximum atomic E-state index is 13.2. The van der Waals surface area contributed by atoms with Gasteiger partial charge in [-0.15, -0.1) is 0 Å². The summed E-state index contributed by atoms with van der Waals surface area (Å²) in [6.07, 6.45) is 0. The molecule has 0 atom stereocenters. The summed E-state index contributed by atoms with van der Waals surface area (Å²) in [7, 11) is -2.37. The van der Waals surface area contributed by atoms with Crippen molar-refractivity contribution in [3.8, 4) is 0 Å². The van der Waals surface area contributed by atoms with Gasteiger partial charge in [0.2, 0.25) is 0 Å². The fourth-order valence-electron chi connectivity index (χ4n) is 3.12. The minimum atomic E-state index is -4.03. The van der Waals surface area contributed by atoms with Gasteiger partial charge >= 0.3 is 0 Å². The number of sulfonamides is 1. The third-order valence-electron chi connectivity index (χ3n) is 4.34. The van der Waals surface area contributed by atoms with Crippen LogP contribution in [0.15, 0.2) is 53.4 Å². The van der Waals surface area contributed by atoms with Crippen molar-refractivity contribution in [2.45, 2.75) is 4.90 Å². The molecule has 1 N–H and O–H groups in total. The highest BCUT2D eigenvalue weighted by molar-refractivity contribution is 7.92. The van der Waals surface area contributed by atoms with Crippen LogP contribution in [0.5, 0.6) is 0 Å². The Balaban J connectivity index is 1.86. The largest absolute Gasteiger partial charge is 0.311 e. The lowest BCUT2D eigenvalue weighted by Gasteiger charge is -2.14. The summed E-state index contributed by atoms with van der Waals surface area (Å²) < 4.78 is 41.1. The first kappa shape index (κ1) is 16.8. The number of amides is 1. The van der Waals surface area contributed by atoms with E-state index in [0.29, 0.717) is 27.7 Å². The van der Waals surface area contributed by atoms with Crippen LogP contribution in [0.1, 0.15) is 10.4 Å². The fraction of sp³-hybridized carbons (Fsp3) is 0.0556. The highest BCUT2D eigenvalue weighted by Gasteiger charge is 2.28. The van der Waals surface area contributed by atoms with Gasteiger partial charge in [-0.05, 0) is 36.4 Å². The van der Waals surface area contributed by atoms with Crippen molar-refractivity contribution in [3.63, 3.8) is 0 Å². The van der Waals surface area contributed by atoms with E-state index in [2.05, 4.69) is 4.72 Å². The monoisotopic (exact) mass is 390 g/mol. The average Bonchev–Trinajstić information content (AvgIpc) is 2.83. The van der Waals surface area contributed by atoms with E-state index in [0.717, 1.165) is 18.2 Å². The second-order valence-corrected chi connectivity index (χ2v) is 7.96. The lowest BCUT2D eigenvalue weighted by Crippen LogP contribution is -2.20. The molecule has 3 aromatic carbocycles. The molecule has 5 nitrogen and oxygen atoms in total. The normalized spacial score (nSPS) is 13.5. The Labute approximate surface area is 154 Å². The third-order valence-corrected chi connectivity index (χ3v) is 6.19. The Hall–Kier alpha value is -2.64. The second kappa shape index (κ2) is 5.69. The molecule has 1 amide bonds. The van der Waals surface area contributed by atoms with Gasteiger partial charge in [-0.3, -0.25) is 9.52 Å². The quantitative estimate of drug-likeness (QED) is 0.734. The average molecular weight is 391 g/mol. The van der Waals surface area contributed by atoms with Crippen molar-refractivity contribution < 1.29 is 17.6 Å². The number of benzene rings is 3.